The Bertz CT molecular complexity index is 549. The molecule has 1 rings (SSSR count). The molecule has 6 nitrogen and oxygen atoms in total. The molecular weight excluding hydrogens is 302 g/mol. The van der Waals surface area contributed by atoms with Gasteiger partial charge in [0.05, 0.1) is 17.5 Å². The lowest BCUT2D eigenvalue weighted by molar-refractivity contribution is 0.0951. The first kappa shape index (κ1) is 18.7. The minimum Gasteiger partial charge on any atom is -0.350 e. The largest absolute Gasteiger partial charge is 0.350 e. The first-order valence-electron chi connectivity index (χ1n) is 5.86. The number of halogens is 1. The van der Waals surface area contributed by atoms with Crippen LogP contribution in [0.2, 0.25) is 0 Å². The summed E-state index contributed by atoms with van der Waals surface area (Å²) in [6, 6.07) is 6.62. The van der Waals surface area contributed by atoms with Crippen molar-refractivity contribution in [2.75, 3.05) is 24.6 Å². The Balaban J connectivity index is 0.00000361. The summed E-state index contributed by atoms with van der Waals surface area (Å²) in [6.45, 7) is 2.39. The summed E-state index contributed by atoms with van der Waals surface area (Å²) in [5.74, 6) is -0.311. The van der Waals surface area contributed by atoms with E-state index in [9.17, 15) is 13.2 Å². The van der Waals surface area contributed by atoms with Crippen LogP contribution in [0.15, 0.2) is 24.3 Å². The van der Waals surface area contributed by atoms with Crippen LogP contribution in [0.3, 0.4) is 0 Å². The van der Waals surface area contributed by atoms with Gasteiger partial charge in [-0.1, -0.05) is 12.1 Å². The van der Waals surface area contributed by atoms with Crippen molar-refractivity contribution in [3.63, 3.8) is 0 Å². The first-order valence-corrected chi connectivity index (χ1v) is 7.75. The fourth-order valence-corrected chi connectivity index (χ4v) is 1.99. The van der Waals surface area contributed by atoms with Crippen LogP contribution in [0.4, 0.5) is 5.69 Å². The fourth-order valence-electron chi connectivity index (χ4n) is 1.41. The zero-order valence-corrected chi connectivity index (χ0v) is 13.3. The molecular formula is C12H20ClN3O3S. The maximum Gasteiger partial charge on any atom is 0.253 e. The molecule has 0 radical (unpaired) electrons. The minimum absolute atomic E-state index is 0. The van der Waals surface area contributed by atoms with Crippen LogP contribution in [-0.4, -0.2) is 40.2 Å². The van der Waals surface area contributed by atoms with Gasteiger partial charge in [0, 0.05) is 12.6 Å². The maximum absolute atomic E-state index is 12.0. The Morgan fingerprint density at radius 3 is 2.45 bits per heavy atom. The second-order valence-corrected chi connectivity index (χ2v) is 6.07. The first-order chi connectivity index (χ1) is 8.83. The highest BCUT2D eigenvalue weighted by Crippen LogP contribution is 2.15. The Labute approximate surface area is 125 Å². The molecule has 3 N–H and O–H groups in total. The molecule has 1 aromatic rings. The molecule has 0 aliphatic heterocycles. The van der Waals surface area contributed by atoms with Crippen molar-refractivity contribution in [3.05, 3.63) is 29.8 Å². The minimum atomic E-state index is -3.41. The fraction of sp³-hybridized carbons (Fsp3) is 0.417. The molecule has 8 heteroatoms. The van der Waals surface area contributed by atoms with E-state index in [0.29, 0.717) is 12.1 Å². The number of benzene rings is 1. The summed E-state index contributed by atoms with van der Waals surface area (Å²) in [5.41, 5.74) is 0.579. The lowest BCUT2D eigenvalue weighted by Gasteiger charge is -2.13. The predicted octanol–water partition coefficient (Wildman–Crippen LogP) is 0.818. The number of hydrogen-bond donors (Lipinski definition) is 3. The van der Waals surface area contributed by atoms with Crippen LogP contribution >= 0.6 is 12.4 Å². The molecule has 1 aromatic carbocycles. The normalized spacial score (nSPS) is 12.2. The highest BCUT2D eigenvalue weighted by atomic mass is 35.5. The van der Waals surface area contributed by atoms with Crippen molar-refractivity contribution in [2.24, 2.45) is 0 Å². The summed E-state index contributed by atoms with van der Waals surface area (Å²) in [5, 5.41) is 5.74. The van der Waals surface area contributed by atoms with Crippen molar-refractivity contribution in [1.29, 1.82) is 0 Å². The monoisotopic (exact) mass is 321 g/mol. The van der Waals surface area contributed by atoms with Gasteiger partial charge >= 0.3 is 0 Å². The topological polar surface area (TPSA) is 87.3 Å². The highest BCUT2D eigenvalue weighted by molar-refractivity contribution is 7.92. The molecule has 0 saturated carbocycles. The lowest BCUT2D eigenvalue weighted by atomic mass is 10.1. The number of anilines is 1. The zero-order chi connectivity index (χ0) is 14.5. The molecule has 1 amide bonds. The molecule has 0 saturated heterocycles. The van der Waals surface area contributed by atoms with Gasteiger partial charge in [0.2, 0.25) is 10.0 Å². The van der Waals surface area contributed by atoms with Crippen molar-refractivity contribution < 1.29 is 13.2 Å². The molecule has 0 heterocycles. The number of sulfonamides is 1. The van der Waals surface area contributed by atoms with Crippen LogP contribution in [0.25, 0.3) is 0 Å². The van der Waals surface area contributed by atoms with Gasteiger partial charge in [-0.05, 0) is 26.1 Å². The van der Waals surface area contributed by atoms with E-state index in [2.05, 4.69) is 15.4 Å². The highest BCUT2D eigenvalue weighted by Gasteiger charge is 2.13. The number of nitrogens with one attached hydrogen (secondary N) is 3. The van der Waals surface area contributed by atoms with Gasteiger partial charge in [-0.25, -0.2) is 8.42 Å². The van der Waals surface area contributed by atoms with Gasteiger partial charge < -0.3 is 10.6 Å². The van der Waals surface area contributed by atoms with E-state index in [0.717, 1.165) is 6.26 Å². The smallest absolute Gasteiger partial charge is 0.253 e. The number of amides is 1. The molecule has 0 aliphatic rings. The summed E-state index contributed by atoms with van der Waals surface area (Å²) in [6.07, 6.45) is 1.05. The van der Waals surface area contributed by atoms with E-state index in [1.54, 1.807) is 31.3 Å². The number of carbonyl (C=O) groups excluding carboxylic acids is 1. The number of rotatable bonds is 6. The molecule has 1 atom stereocenters. The quantitative estimate of drug-likeness (QED) is 0.724. The molecule has 20 heavy (non-hydrogen) atoms. The third-order valence-corrected chi connectivity index (χ3v) is 3.12. The van der Waals surface area contributed by atoms with Gasteiger partial charge in [-0.2, -0.15) is 0 Å². The molecule has 0 fully saturated rings. The summed E-state index contributed by atoms with van der Waals surface area (Å²) >= 11 is 0. The Kier molecular flexibility index (Phi) is 7.55. The van der Waals surface area contributed by atoms with Crippen LogP contribution in [0.5, 0.6) is 0 Å². The van der Waals surface area contributed by atoms with E-state index in [1.807, 2.05) is 6.92 Å². The number of para-hydroxylation sites is 1. The van der Waals surface area contributed by atoms with Crippen LogP contribution in [-0.2, 0) is 10.0 Å². The Morgan fingerprint density at radius 1 is 1.30 bits per heavy atom. The van der Waals surface area contributed by atoms with E-state index in [4.69, 9.17) is 0 Å². The van der Waals surface area contributed by atoms with Gasteiger partial charge in [0.1, 0.15) is 0 Å². The SMILES string of the molecule is CNC(C)CNC(=O)c1ccccc1NS(C)(=O)=O.Cl. The summed E-state index contributed by atoms with van der Waals surface area (Å²) in [7, 11) is -1.61. The second-order valence-electron chi connectivity index (χ2n) is 4.32. The summed E-state index contributed by atoms with van der Waals surface area (Å²) in [4.78, 5) is 12.0. The van der Waals surface area contributed by atoms with E-state index < -0.39 is 10.0 Å². The van der Waals surface area contributed by atoms with E-state index >= 15 is 0 Å². The lowest BCUT2D eigenvalue weighted by Crippen LogP contribution is -2.37. The Hall–Kier alpha value is -1.31. The van der Waals surface area contributed by atoms with Crippen LogP contribution in [0, 0.1) is 0 Å². The van der Waals surface area contributed by atoms with Crippen molar-refractivity contribution in [2.45, 2.75) is 13.0 Å². The number of carbonyl (C=O) groups is 1. The van der Waals surface area contributed by atoms with Crippen molar-refractivity contribution >= 4 is 34.0 Å². The Morgan fingerprint density at radius 2 is 1.90 bits per heavy atom. The number of hydrogen-bond acceptors (Lipinski definition) is 4. The van der Waals surface area contributed by atoms with Gasteiger partial charge in [-0.3, -0.25) is 9.52 Å². The molecule has 114 valence electrons. The predicted molar refractivity (Wildman–Crippen MR) is 83.0 cm³/mol. The van der Waals surface area contributed by atoms with Crippen molar-refractivity contribution in [3.8, 4) is 0 Å². The molecule has 0 spiro atoms. The molecule has 0 bridgehead atoms. The number of likely N-dealkylation sites (N-methyl/N-ethyl adjacent to an activating group) is 1. The van der Waals surface area contributed by atoms with Crippen LogP contribution < -0.4 is 15.4 Å². The van der Waals surface area contributed by atoms with E-state index in [-0.39, 0.29) is 30.0 Å². The molecule has 0 aliphatic carbocycles. The van der Waals surface area contributed by atoms with Gasteiger partial charge in [0.25, 0.3) is 5.91 Å². The second kappa shape index (κ2) is 8.08. The average molecular weight is 322 g/mol. The van der Waals surface area contributed by atoms with Crippen molar-refractivity contribution in [1.82, 2.24) is 10.6 Å². The third-order valence-electron chi connectivity index (χ3n) is 2.53. The van der Waals surface area contributed by atoms with Gasteiger partial charge in [0.15, 0.2) is 0 Å². The zero-order valence-electron chi connectivity index (χ0n) is 11.6. The maximum atomic E-state index is 12.0. The summed E-state index contributed by atoms with van der Waals surface area (Å²) < 4.78 is 24.8. The standard InChI is InChI=1S/C12H19N3O3S.ClH/c1-9(13-2)8-14-12(16)10-6-4-5-7-11(10)15-19(3,17)18;/h4-7,9,13,15H,8H2,1-3H3,(H,14,16);1H. The average Bonchev–Trinajstić information content (AvgIpc) is 2.34. The third kappa shape index (κ3) is 6.23. The molecule has 0 aromatic heterocycles. The van der Waals surface area contributed by atoms with E-state index in [1.165, 1.54) is 0 Å². The molecule has 1 unspecified atom stereocenters. The van der Waals surface area contributed by atoms with Gasteiger partial charge in [-0.15, -0.1) is 12.4 Å². The van der Waals surface area contributed by atoms with Crippen LogP contribution in [0.1, 0.15) is 17.3 Å².